The van der Waals surface area contributed by atoms with Gasteiger partial charge in [0.25, 0.3) is 0 Å². The lowest BCUT2D eigenvalue weighted by Gasteiger charge is -2.39. The normalized spacial score (nSPS) is 16.9. The van der Waals surface area contributed by atoms with Crippen LogP contribution in [0.2, 0.25) is 5.02 Å². The third kappa shape index (κ3) is 4.98. The van der Waals surface area contributed by atoms with Crippen LogP contribution in [0.15, 0.2) is 42.9 Å². The van der Waals surface area contributed by atoms with Gasteiger partial charge in [-0.15, -0.1) is 0 Å². The fraction of sp³-hybridized carbons (Fsp3) is 0.409. The van der Waals surface area contributed by atoms with Gasteiger partial charge in [0.2, 0.25) is 5.91 Å². The van der Waals surface area contributed by atoms with Crippen LogP contribution < -0.4 is 16.0 Å². The van der Waals surface area contributed by atoms with Gasteiger partial charge >= 0.3 is 0 Å². The van der Waals surface area contributed by atoms with E-state index in [-0.39, 0.29) is 25.0 Å². The number of fused-ring (bicyclic) bond motifs is 1. The molecule has 0 saturated carbocycles. The number of amides is 1. The molecule has 1 saturated heterocycles. The van der Waals surface area contributed by atoms with Crippen molar-refractivity contribution in [2.45, 2.75) is 37.3 Å². The Morgan fingerprint density at radius 1 is 1.26 bits per heavy atom. The number of nitrogens with zero attached hydrogens (tertiary/aromatic N) is 3. The van der Waals surface area contributed by atoms with Crippen LogP contribution in [-0.2, 0) is 4.79 Å². The number of H-pyrrole nitrogens is 1. The van der Waals surface area contributed by atoms with E-state index in [2.05, 4.69) is 25.2 Å². The van der Waals surface area contributed by atoms with Crippen molar-refractivity contribution in [3.8, 4) is 0 Å². The van der Waals surface area contributed by atoms with Crippen molar-refractivity contribution >= 4 is 34.4 Å². The Morgan fingerprint density at radius 2 is 2.00 bits per heavy atom. The second-order valence-corrected chi connectivity index (χ2v) is 8.58. The molecule has 5 N–H and O–H groups in total. The van der Waals surface area contributed by atoms with E-state index in [0.717, 1.165) is 35.5 Å². The summed E-state index contributed by atoms with van der Waals surface area (Å²) in [4.78, 5) is 26.8. The summed E-state index contributed by atoms with van der Waals surface area (Å²) in [5.74, 6) is 0.780. The molecule has 1 aliphatic heterocycles. The maximum absolute atomic E-state index is 12.8. The Morgan fingerprint density at radius 3 is 2.71 bits per heavy atom. The van der Waals surface area contributed by atoms with E-state index in [1.807, 2.05) is 24.4 Å². The molecule has 4 rings (SSSR count). The highest BCUT2D eigenvalue weighted by molar-refractivity contribution is 6.30. The zero-order chi connectivity index (χ0) is 21.8. The van der Waals surface area contributed by atoms with E-state index in [9.17, 15) is 9.90 Å². The Bertz CT molecular complexity index is 1030. The monoisotopic (exact) mass is 442 g/mol. The first-order chi connectivity index (χ1) is 15.0. The maximum Gasteiger partial charge on any atom is 0.222 e. The summed E-state index contributed by atoms with van der Waals surface area (Å²) in [6.45, 7) is 1.42. The standard InChI is InChI=1S/C22H27ClN6O2/c23-16-3-1-15(2-4-16)18(6-12-30)28-19(31)13-22(24)7-10-29(11-8-22)21-17-5-9-25-20(17)26-14-27-21/h1-5,9,14,18,30H,6-8,10-13,24H2,(H,28,31)(H,25,26,27)/t18-/m1/s1. The van der Waals surface area contributed by atoms with E-state index in [4.69, 9.17) is 17.3 Å². The molecule has 2 aromatic heterocycles. The lowest BCUT2D eigenvalue weighted by molar-refractivity contribution is -0.123. The number of carbonyl (C=O) groups excluding carboxylic acids is 1. The molecule has 31 heavy (non-hydrogen) atoms. The third-order valence-corrected chi connectivity index (χ3v) is 6.18. The zero-order valence-corrected chi connectivity index (χ0v) is 18.0. The van der Waals surface area contributed by atoms with Gasteiger partial charge in [-0.2, -0.15) is 0 Å². The van der Waals surface area contributed by atoms with Crippen LogP contribution >= 0.6 is 11.6 Å². The molecular formula is C22H27ClN6O2. The van der Waals surface area contributed by atoms with Crippen molar-refractivity contribution in [3.05, 3.63) is 53.4 Å². The number of aliphatic hydroxyl groups is 1. The van der Waals surface area contributed by atoms with Crippen LogP contribution in [0, 0.1) is 0 Å². The van der Waals surface area contributed by atoms with E-state index in [1.54, 1.807) is 18.5 Å². The van der Waals surface area contributed by atoms with Gasteiger partial charge in [-0.05, 0) is 43.0 Å². The molecule has 164 valence electrons. The molecule has 1 aliphatic rings. The SMILES string of the molecule is NC1(CC(=O)N[C@H](CCO)c2ccc(Cl)cc2)CCN(c2ncnc3[nH]ccc23)CC1. The number of nitrogens with one attached hydrogen (secondary N) is 2. The Kier molecular flexibility index (Phi) is 6.41. The largest absolute Gasteiger partial charge is 0.396 e. The Labute approximate surface area is 185 Å². The number of nitrogens with two attached hydrogens (primary N) is 1. The minimum Gasteiger partial charge on any atom is -0.396 e. The number of hydrogen-bond donors (Lipinski definition) is 4. The predicted molar refractivity (Wildman–Crippen MR) is 121 cm³/mol. The number of hydrogen-bond acceptors (Lipinski definition) is 6. The highest BCUT2D eigenvalue weighted by atomic mass is 35.5. The molecule has 0 aliphatic carbocycles. The molecule has 0 radical (unpaired) electrons. The summed E-state index contributed by atoms with van der Waals surface area (Å²) in [5, 5.41) is 14.1. The summed E-state index contributed by atoms with van der Waals surface area (Å²) < 4.78 is 0. The van der Waals surface area contributed by atoms with Crippen molar-refractivity contribution in [2.75, 3.05) is 24.6 Å². The first-order valence-corrected chi connectivity index (χ1v) is 10.8. The van der Waals surface area contributed by atoms with Crippen molar-refractivity contribution in [2.24, 2.45) is 5.73 Å². The van der Waals surface area contributed by atoms with E-state index >= 15 is 0 Å². The summed E-state index contributed by atoms with van der Waals surface area (Å²) in [7, 11) is 0. The fourth-order valence-corrected chi connectivity index (χ4v) is 4.29. The lowest BCUT2D eigenvalue weighted by atomic mass is 9.85. The number of anilines is 1. The molecule has 8 nitrogen and oxygen atoms in total. The number of rotatable bonds is 7. The molecule has 0 unspecified atom stereocenters. The topological polar surface area (TPSA) is 120 Å². The zero-order valence-electron chi connectivity index (χ0n) is 17.2. The van der Waals surface area contributed by atoms with Crippen LogP contribution in [0.5, 0.6) is 0 Å². The number of piperidine rings is 1. The number of aromatic amines is 1. The third-order valence-electron chi connectivity index (χ3n) is 5.93. The summed E-state index contributed by atoms with van der Waals surface area (Å²) in [6, 6.07) is 8.98. The maximum atomic E-state index is 12.8. The highest BCUT2D eigenvalue weighted by Crippen LogP contribution is 2.30. The Balaban J connectivity index is 1.37. The highest BCUT2D eigenvalue weighted by Gasteiger charge is 2.34. The van der Waals surface area contributed by atoms with Crippen LogP contribution in [-0.4, -0.2) is 51.2 Å². The second kappa shape index (κ2) is 9.21. The van der Waals surface area contributed by atoms with Crippen molar-refractivity contribution in [1.29, 1.82) is 0 Å². The summed E-state index contributed by atoms with van der Waals surface area (Å²) in [5.41, 5.74) is 7.75. The van der Waals surface area contributed by atoms with E-state index < -0.39 is 5.54 Å². The Hall–Kier alpha value is -2.68. The van der Waals surface area contributed by atoms with Crippen molar-refractivity contribution in [3.63, 3.8) is 0 Å². The summed E-state index contributed by atoms with van der Waals surface area (Å²) in [6.07, 6.45) is 5.44. The van der Waals surface area contributed by atoms with Crippen molar-refractivity contribution in [1.82, 2.24) is 20.3 Å². The minimum absolute atomic E-state index is 0.0249. The molecule has 1 amide bonds. The van der Waals surface area contributed by atoms with Crippen LogP contribution in [0.3, 0.4) is 0 Å². The number of aromatic nitrogens is 3. The molecule has 1 aromatic carbocycles. The molecule has 0 spiro atoms. The molecule has 3 aromatic rings. The van der Waals surface area contributed by atoms with Gasteiger partial charge in [0.1, 0.15) is 17.8 Å². The predicted octanol–water partition coefficient (Wildman–Crippen LogP) is 2.54. The minimum atomic E-state index is -0.575. The lowest BCUT2D eigenvalue weighted by Crippen LogP contribution is -2.53. The molecular weight excluding hydrogens is 416 g/mol. The summed E-state index contributed by atoms with van der Waals surface area (Å²) >= 11 is 5.96. The quantitative estimate of drug-likeness (QED) is 0.446. The first kappa shape index (κ1) is 21.5. The van der Waals surface area contributed by atoms with Crippen LogP contribution in [0.4, 0.5) is 5.82 Å². The number of carbonyl (C=O) groups is 1. The average Bonchev–Trinajstić information content (AvgIpc) is 3.23. The molecule has 1 atom stereocenters. The van der Waals surface area contributed by atoms with E-state index in [1.165, 1.54) is 0 Å². The fourth-order valence-electron chi connectivity index (χ4n) is 4.16. The van der Waals surface area contributed by atoms with Gasteiger partial charge < -0.3 is 26.0 Å². The van der Waals surface area contributed by atoms with Gasteiger partial charge in [-0.25, -0.2) is 9.97 Å². The van der Waals surface area contributed by atoms with Gasteiger partial charge in [0.15, 0.2) is 0 Å². The van der Waals surface area contributed by atoms with Gasteiger partial charge in [0, 0.05) is 42.9 Å². The van der Waals surface area contributed by atoms with Crippen molar-refractivity contribution < 1.29 is 9.90 Å². The van der Waals surface area contributed by atoms with Gasteiger partial charge in [-0.3, -0.25) is 4.79 Å². The van der Waals surface area contributed by atoms with Crippen LogP contribution in [0.25, 0.3) is 11.0 Å². The van der Waals surface area contributed by atoms with Gasteiger partial charge in [0.05, 0.1) is 11.4 Å². The number of aliphatic hydroxyl groups excluding tert-OH is 1. The molecule has 1 fully saturated rings. The first-order valence-electron chi connectivity index (χ1n) is 10.4. The molecule has 0 bridgehead atoms. The number of halogens is 1. The number of benzene rings is 1. The molecule has 3 heterocycles. The second-order valence-electron chi connectivity index (χ2n) is 8.15. The average molecular weight is 443 g/mol. The smallest absolute Gasteiger partial charge is 0.222 e. The van der Waals surface area contributed by atoms with Gasteiger partial charge in [-0.1, -0.05) is 23.7 Å². The van der Waals surface area contributed by atoms with E-state index in [0.29, 0.717) is 24.3 Å². The molecule has 9 heteroatoms. The van der Waals surface area contributed by atoms with Crippen LogP contribution in [0.1, 0.15) is 37.3 Å².